The number of nitrogens with zero attached hydrogens (tertiary/aromatic N) is 3. The standard InChI is InChI=1S/C13H16N4O2S/c1-17-13-9-12(6-5-11(13)10-15-17)16-20(18,19)8-4-2-3-7-14/h5-6,9-10,16H,2-4,8H2,1H3. The maximum atomic E-state index is 11.9. The van der Waals surface area contributed by atoms with Gasteiger partial charge < -0.3 is 0 Å². The van der Waals surface area contributed by atoms with E-state index >= 15 is 0 Å². The van der Waals surface area contributed by atoms with Crippen LogP contribution in [0.5, 0.6) is 0 Å². The van der Waals surface area contributed by atoms with Gasteiger partial charge in [-0.05, 0) is 31.0 Å². The van der Waals surface area contributed by atoms with Crippen molar-refractivity contribution in [3.8, 4) is 6.07 Å². The van der Waals surface area contributed by atoms with E-state index in [1.54, 1.807) is 23.0 Å². The van der Waals surface area contributed by atoms with Crippen LogP contribution in [0.1, 0.15) is 19.3 Å². The Bertz CT molecular complexity index is 743. The number of hydrogen-bond acceptors (Lipinski definition) is 4. The highest BCUT2D eigenvalue weighted by Crippen LogP contribution is 2.19. The van der Waals surface area contributed by atoms with Crippen LogP contribution in [0, 0.1) is 11.3 Å². The molecule has 1 N–H and O–H groups in total. The molecule has 1 heterocycles. The third-order valence-electron chi connectivity index (χ3n) is 2.97. The Balaban J connectivity index is 2.07. The van der Waals surface area contributed by atoms with Crippen molar-refractivity contribution >= 4 is 26.6 Å². The summed E-state index contributed by atoms with van der Waals surface area (Å²) in [7, 11) is -1.56. The van der Waals surface area contributed by atoms with Crippen LogP contribution in [0.4, 0.5) is 5.69 Å². The second-order valence-corrected chi connectivity index (χ2v) is 6.42. The van der Waals surface area contributed by atoms with Gasteiger partial charge >= 0.3 is 0 Å². The molecule has 0 bridgehead atoms. The molecular formula is C13H16N4O2S. The fraction of sp³-hybridized carbons (Fsp3) is 0.385. The summed E-state index contributed by atoms with van der Waals surface area (Å²) in [6.07, 6.45) is 3.20. The fourth-order valence-corrected chi connectivity index (χ4v) is 3.11. The highest BCUT2D eigenvalue weighted by molar-refractivity contribution is 7.92. The Morgan fingerprint density at radius 2 is 2.20 bits per heavy atom. The molecule has 0 aliphatic heterocycles. The van der Waals surface area contributed by atoms with Gasteiger partial charge in [0.05, 0.1) is 29.2 Å². The molecule has 0 fully saturated rings. The zero-order chi connectivity index (χ0) is 14.6. The predicted molar refractivity (Wildman–Crippen MR) is 77.6 cm³/mol. The number of nitriles is 1. The molecule has 7 heteroatoms. The number of sulfonamides is 1. The minimum absolute atomic E-state index is 0.0259. The lowest BCUT2D eigenvalue weighted by molar-refractivity contribution is 0.597. The van der Waals surface area contributed by atoms with Gasteiger partial charge in [0.25, 0.3) is 0 Å². The molecule has 0 unspecified atom stereocenters. The van der Waals surface area contributed by atoms with Crippen molar-refractivity contribution in [3.05, 3.63) is 24.4 Å². The van der Waals surface area contributed by atoms with E-state index in [-0.39, 0.29) is 5.75 Å². The Hall–Kier alpha value is -2.07. The summed E-state index contributed by atoms with van der Waals surface area (Å²) in [6, 6.07) is 7.31. The van der Waals surface area contributed by atoms with E-state index in [0.717, 1.165) is 10.9 Å². The smallest absolute Gasteiger partial charge is 0.232 e. The van der Waals surface area contributed by atoms with Crippen LogP contribution >= 0.6 is 0 Å². The first-order valence-electron chi connectivity index (χ1n) is 6.31. The highest BCUT2D eigenvalue weighted by Gasteiger charge is 2.11. The molecule has 0 saturated carbocycles. The first-order valence-corrected chi connectivity index (χ1v) is 7.96. The van der Waals surface area contributed by atoms with Crippen molar-refractivity contribution in [2.45, 2.75) is 19.3 Å². The average Bonchev–Trinajstić information content (AvgIpc) is 2.76. The number of benzene rings is 1. The quantitative estimate of drug-likeness (QED) is 0.825. The molecule has 0 spiro atoms. The molecule has 1 aromatic carbocycles. The van der Waals surface area contributed by atoms with Crippen LogP contribution < -0.4 is 4.72 Å². The van der Waals surface area contributed by atoms with Crippen molar-refractivity contribution in [3.63, 3.8) is 0 Å². The number of fused-ring (bicyclic) bond motifs is 1. The number of rotatable bonds is 6. The van der Waals surface area contributed by atoms with E-state index < -0.39 is 10.0 Å². The number of hydrogen-bond donors (Lipinski definition) is 1. The minimum atomic E-state index is -3.37. The van der Waals surface area contributed by atoms with Gasteiger partial charge in [-0.25, -0.2) is 8.42 Å². The van der Waals surface area contributed by atoms with E-state index in [1.165, 1.54) is 0 Å². The molecule has 0 atom stereocenters. The highest BCUT2D eigenvalue weighted by atomic mass is 32.2. The topological polar surface area (TPSA) is 87.8 Å². The van der Waals surface area contributed by atoms with Crippen LogP contribution in [0.15, 0.2) is 24.4 Å². The first kappa shape index (κ1) is 14.3. The third kappa shape index (κ3) is 3.48. The van der Waals surface area contributed by atoms with Gasteiger partial charge in [0.1, 0.15) is 0 Å². The molecule has 0 aliphatic carbocycles. The SMILES string of the molecule is Cn1ncc2ccc(NS(=O)(=O)CCCCC#N)cc21. The summed E-state index contributed by atoms with van der Waals surface area (Å²) in [5.74, 6) is 0.0259. The third-order valence-corrected chi connectivity index (χ3v) is 4.35. The van der Waals surface area contributed by atoms with Crippen LogP contribution in [0.3, 0.4) is 0 Å². The first-order chi connectivity index (χ1) is 9.52. The number of unbranched alkanes of at least 4 members (excludes halogenated alkanes) is 2. The van der Waals surface area contributed by atoms with Gasteiger partial charge in [-0.15, -0.1) is 0 Å². The van der Waals surface area contributed by atoms with Gasteiger partial charge in [-0.1, -0.05) is 0 Å². The lowest BCUT2D eigenvalue weighted by Gasteiger charge is -2.08. The molecule has 0 radical (unpaired) electrons. The zero-order valence-corrected chi connectivity index (χ0v) is 12.0. The molecule has 20 heavy (non-hydrogen) atoms. The van der Waals surface area contributed by atoms with Crippen molar-refractivity contribution in [2.24, 2.45) is 7.05 Å². The molecule has 6 nitrogen and oxygen atoms in total. The summed E-state index contributed by atoms with van der Waals surface area (Å²) in [6.45, 7) is 0. The summed E-state index contributed by atoms with van der Waals surface area (Å²) >= 11 is 0. The Labute approximate surface area is 118 Å². The van der Waals surface area contributed by atoms with Crippen molar-refractivity contribution in [1.29, 1.82) is 5.26 Å². The molecule has 2 aromatic rings. The second-order valence-electron chi connectivity index (χ2n) is 4.58. The van der Waals surface area contributed by atoms with Gasteiger partial charge in [-0.2, -0.15) is 10.4 Å². The monoisotopic (exact) mass is 292 g/mol. The molecule has 106 valence electrons. The molecule has 0 saturated heterocycles. The van der Waals surface area contributed by atoms with Crippen molar-refractivity contribution in [1.82, 2.24) is 9.78 Å². The van der Waals surface area contributed by atoms with Crippen LogP contribution in [0.25, 0.3) is 10.9 Å². The number of nitrogens with one attached hydrogen (secondary N) is 1. The molecule has 0 amide bonds. The maximum absolute atomic E-state index is 11.9. The molecule has 0 aliphatic rings. The predicted octanol–water partition coefficient (Wildman–Crippen LogP) is 2.01. The van der Waals surface area contributed by atoms with E-state index in [0.29, 0.717) is 24.9 Å². The van der Waals surface area contributed by atoms with Crippen LogP contribution in [-0.2, 0) is 17.1 Å². The summed E-state index contributed by atoms with van der Waals surface area (Å²) < 4.78 is 28.1. The number of anilines is 1. The largest absolute Gasteiger partial charge is 0.283 e. The molecule has 1 aromatic heterocycles. The second kappa shape index (κ2) is 5.92. The molecule has 2 rings (SSSR count). The fourth-order valence-electron chi connectivity index (χ4n) is 1.93. The Morgan fingerprint density at radius 1 is 1.40 bits per heavy atom. The summed E-state index contributed by atoms with van der Waals surface area (Å²) in [5, 5.41) is 13.5. The zero-order valence-electron chi connectivity index (χ0n) is 11.2. The van der Waals surface area contributed by atoms with Crippen LogP contribution in [-0.4, -0.2) is 24.0 Å². The lowest BCUT2D eigenvalue weighted by Crippen LogP contribution is -2.16. The van der Waals surface area contributed by atoms with Gasteiger partial charge in [0.15, 0.2) is 0 Å². The molecular weight excluding hydrogens is 276 g/mol. The van der Waals surface area contributed by atoms with E-state index in [9.17, 15) is 8.42 Å². The minimum Gasteiger partial charge on any atom is -0.283 e. The Morgan fingerprint density at radius 3 is 2.95 bits per heavy atom. The normalized spacial score (nSPS) is 11.4. The average molecular weight is 292 g/mol. The maximum Gasteiger partial charge on any atom is 0.232 e. The van der Waals surface area contributed by atoms with Gasteiger partial charge in [0, 0.05) is 18.9 Å². The summed E-state index contributed by atoms with van der Waals surface area (Å²) in [5.41, 5.74) is 1.40. The number of aromatic nitrogens is 2. The van der Waals surface area contributed by atoms with Gasteiger partial charge in [-0.3, -0.25) is 9.40 Å². The Kier molecular flexibility index (Phi) is 4.25. The van der Waals surface area contributed by atoms with E-state index in [4.69, 9.17) is 5.26 Å². The van der Waals surface area contributed by atoms with Crippen molar-refractivity contribution < 1.29 is 8.42 Å². The van der Waals surface area contributed by atoms with E-state index in [2.05, 4.69) is 9.82 Å². The van der Waals surface area contributed by atoms with Gasteiger partial charge in [0.2, 0.25) is 10.0 Å². The van der Waals surface area contributed by atoms with Crippen LogP contribution in [0.2, 0.25) is 0 Å². The lowest BCUT2D eigenvalue weighted by atomic mass is 10.2. The van der Waals surface area contributed by atoms with Crippen molar-refractivity contribution in [2.75, 3.05) is 10.5 Å². The number of aryl methyl sites for hydroxylation is 1. The van der Waals surface area contributed by atoms with E-state index in [1.807, 2.05) is 19.2 Å². The summed E-state index contributed by atoms with van der Waals surface area (Å²) in [4.78, 5) is 0.